The van der Waals surface area contributed by atoms with Crippen LogP contribution in [0.1, 0.15) is 73.1 Å². The van der Waals surface area contributed by atoms with Gasteiger partial charge in [-0.2, -0.15) is 0 Å². The molecule has 25 heavy (non-hydrogen) atoms. The zero-order valence-corrected chi connectivity index (χ0v) is 16.5. The third kappa shape index (κ3) is 2.20. The molecule has 4 aliphatic rings. The second kappa shape index (κ2) is 5.52. The lowest BCUT2D eigenvalue weighted by Gasteiger charge is -2.61. The zero-order chi connectivity index (χ0) is 18.1. The van der Waals surface area contributed by atoms with Gasteiger partial charge in [-0.05, 0) is 89.7 Å². The fraction of sp³-hybridized carbons (Fsp3) is 0.818. The number of piperidine rings is 2. The number of carbonyl (C=O) groups excluding carboxylic acids is 2. The molecule has 0 bridgehead atoms. The molecule has 0 spiro atoms. The van der Waals surface area contributed by atoms with E-state index in [1.54, 1.807) is 0 Å². The molecule has 2 saturated carbocycles. The predicted molar refractivity (Wildman–Crippen MR) is 99.2 cm³/mol. The molecular weight excluding hydrogens is 310 g/mol. The first-order valence-electron chi connectivity index (χ1n) is 10.2. The van der Waals surface area contributed by atoms with E-state index in [0.29, 0.717) is 29.3 Å². The van der Waals surface area contributed by atoms with Crippen LogP contribution in [0.15, 0.2) is 11.1 Å². The van der Waals surface area contributed by atoms with Gasteiger partial charge in [0.05, 0.1) is 6.04 Å². The van der Waals surface area contributed by atoms with Crippen molar-refractivity contribution in [2.45, 2.75) is 84.7 Å². The van der Waals surface area contributed by atoms with Crippen LogP contribution in [0.3, 0.4) is 0 Å². The second-order valence-corrected chi connectivity index (χ2v) is 9.83. The molecule has 2 heterocycles. The van der Waals surface area contributed by atoms with E-state index in [2.05, 4.69) is 39.5 Å². The Morgan fingerprint density at radius 1 is 1.08 bits per heavy atom. The van der Waals surface area contributed by atoms with Gasteiger partial charge in [-0.1, -0.05) is 12.5 Å². The number of ketones is 2. The molecule has 138 valence electrons. The molecule has 2 aliphatic carbocycles. The van der Waals surface area contributed by atoms with Crippen LogP contribution in [0, 0.1) is 23.2 Å². The van der Waals surface area contributed by atoms with Gasteiger partial charge in [0.2, 0.25) is 0 Å². The Kier molecular flexibility index (Phi) is 3.85. The number of nitrogens with zero attached hydrogens (tertiary/aromatic N) is 1. The van der Waals surface area contributed by atoms with Gasteiger partial charge >= 0.3 is 0 Å². The lowest BCUT2D eigenvalue weighted by molar-refractivity contribution is -0.154. The van der Waals surface area contributed by atoms with Crippen LogP contribution in [0.5, 0.6) is 0 Å². The molecule has 2 aliphatic heterocycles. The molecule has 0 N–H and O–H groups in total. The van der Waals surface area contributed by atoms with E-state index < -0.39 is 0 Å². The minimum absolute atomic E-state index is 0.0755. The molecule has 0 aromatic rings. The molecule has 0 radical (unpaired) electrons. The first-order valence-corrected chi connectivity index (χ1v) is 10.2. The quantitative estimate of drug-likeness (QED) is 0.620. The molecular formula is C22H33NO2. The molecule has 2 saturated heterocycles. The van der Waals surface area contributed by atoms with E-state index in [1.807, 2.05) is 0 Å². The highest BCUT2D eigenvalue weighted by Crippen LogP contribution is 2.61. The molecule has 0 amide bonds. The average Bonchev–Trinajstić information content (AvgIpc) is 2.83. The van der Waals surface area contributed by atoms with Gasteiger partial charge in [0.1, 0.15) is 5.78 Å². The lowest BCUT2D eigenvalue weighted by Crippen LogP contribution is -2.67. The van der Waals surface area contributed by atoms with Crippen LogP contribution >= 0.6 is 0 Å². The Hall–Kier alpha value is -0.960. The van der Waals surface area contributed by atoms with Crippen LogP contribution in [-0.2, 0) is 9.59 Å². The van der Waals surface area contributed by atoms with Gasteiger partial charge in [0.15, 0.2) is 5.78 Å². The van der Waals surface area contributed by atoms with E-state index in [1.165, 1.54) is 5.57 Å². The second-order valence-electron chi connectivity index (χ2n) is 9.83. The Bertz CT molecular complexity index is 661. The van der Waals surface area contributed by atoms with Crippen molar-refractivity contribution in [3.05, 3.63) is 11.1 Å². The van der Waals surface area contributed by atoms with Crippen LogP contribution in [0.2, 0.25) is 0 Å². The SMILES string of the molecule is CC(C)=C1C[C@H]2[C@@H]3CCN4C(C)C(=O)CC[C@]4(C)[C@@H]3CC[C@]2(C)C1=O. The first kappa shape index (κ1) is 17.5. The summed E-state index contributed by atoms with van der Waals surface area (Å²) in [6.45, 7) is 12.0. The summed E-state index contributed by atoms with van der Waals surface area (Å²) in [4.78, 5) is 27.9. The zero-order valence-electron chi connectivity index (χ0n) is 16.5. The molecule has 1 unspecified atom stereocenters. The number of Topliss-reactive ketones (excluding diaryl/α,β-unsaturated/α-hetero) is 2. The Balaban J connectivity index is 1.69. The summed E-state index contributed by atoms with van der Waals surface area (Å²) >= 11 is 0. The Labute approximate surface area is 152 Å². The summed E-state index contributed by atoms with van der Waals surface area (Å²) in [5, 5.41) is 0. The number of hydrogen-bond acceptors (Lipinski definition) is 3. The van der Waals surface area contributed by atoms with Gasteiger partial charge < -0.3 is 0 Å². The molecule has 6 atom stereocenters. The third-order valence-corrected chi connectivity index (χ3v) is 8.62. The number of rotatable bonds is 0. The molecule has 3 nitrogen and oxygen atoms in total. The predicted octanol–water partition coefficient (Wildman–Crippen LogP) is 4.16. The monoisotopic (exact) mass is 343 g/mol. The summed E-state index contributed by atoms with van der Waals surface area (Å²) in [6.07, 6.45) is 6.06. The van der Waals surface area contributed by atoms with E-state index >= 15 is 0 Å². The topological polar surface area (TPSA) is 37.4 Å². The standard InChI is InChI=1S/C22H33NO2/c1-13(2)16-12-18-15-8-11-23-14(3)19(24)7-10-22(23,5)17(15)6-9-21(18,4)20(16)25/h14-15,17-18H,6-12H2,1-5H3/t14?,15-,17-,18+,21+,22-/m1/s1. The summed E-state index contributed by atoms with van der Waals surface area (Å²) in [6, 6.07) is 0.0755. The molecule has 0 aromatic carbocycles. The van der Waals surface area contributed by atoms with Crippen molar-refractivity contribution >= 4 is 11.6 Å². The van der Waals surface area contributed by atoms with Crippen LogP contribution in [-0.4, -0.2) is 34.6 Å². The normalized spacial score (nSPS) is 47.3. The van der Waals surface area contributed by atoms with Crippen molar-refractivity contribution in [2.75, 3.05) is 6.54 Å². The number of allylic oxidation sites excluding steroid dienone is 2. The van der Waals surface area contributed by atoms with Crippen molar-refractivity contribution in [3.63, 3.8) is 0 Å². The third-order valence-electron chi connectivity index (χ3n) is 8.62. The van der Waals surface area contributed by atoms with Crippen molar-refractivity contribution in [3.8, 4) is 0 Å². The van der Waals surface area contributed by atoms with Gasteiger partial charge in [-0.15, -0.1) is 0 Å². The molecule has 0 aromatic heterocycles. The fourth-order valence-electron chi connectivity index (χ4n) is 7.01. The summed E-state index contributed by atoms with van der Waals surface area (Å²) in [5.74, 6) is 2.64. The molecule has 4 fully saturated rings. The van der Waals surface area contributed by atoms with Crippen molar-refractivity contribution in [2.24, 2.45) is 23.2 Å². The minimum Gasteiger partial charge on any atom is -0.298 e. The van der Waals surface area contributed by atoms with Gasteiger partial charge in [-0.3, -0.25) is 14.5 Å². The Morgan fingerprint density at radius 3 is 2.48 bits per heavy atom. The van der Waals surface area contributed by atoms with Gasteiger partial charge in [0, 0.05) is 17.4 Å². The van der Waals surface area contributed by atoms with Crippen molar-refractivity contribution < 1.29 is 9.59 Å². The smallest absolute Gasteiger partial charge is 0.164 e. The highest BCUT2D eigenvalue weighted by Gasteiger charge is 2.61. The highest BCUT2D eigenvalue weighted by atomic mass is 16.1. The van der Waals surface area contributed by atoms with E-state index in [-0.39, 0.29) is 17.0 Å². The first-order chi connectivity index (χ1) is 11.7. The van der Waals surface area contributed by atoms with Crippen molar-refractivity contribution in [1.82, 2.24) is 4.90 Å². The molecule has 3 heteroatoms. The highest BCUT2D eigenvalue weighted by molar-refractivity contribution is 6.03. The summed E-state index contributed by atoms with van der Waals surface area (Å²) in [5.41, 5.74) is 2.35. The van der Waals surface area contributed by atoms with Crippen LogP contribution in [0.4, 0.5) is 0 Å². The molecule has 4 rings (SSSR count). The maximum Gasteiger partial charge on any atom is 0.164 e. The average molecular weight is 344 g/mol. The van der Waals surface area contributed by atoms with Crippen LogP contribution in [0.25, 0.3) is 0 Å². The Morgan fingerprint density at radius 2 is 1.80 bits per heavy atom. The maximum atomic E-state index is 13.1. The maximum absolute atomic E-state index is 13.1. The summed E-state index contributed by atoms with van der Waals surface area (Å²) < 4.78 is 0. The minimum atomic E-state index is -0.137. The summed E-state index contributed by atoms with van der Waals surface area (Å²) in [7, 11) is 0. The van der Waals surface area contributed by atoms with E-state index in [0.717, 1.165) is 50.6 Å². The van der Waals surface area contributed by atoms with E-state index in [4.69, 9.17) is 0 Å². The fourth-order valence-corrected chi connectivity index (χ4v) is 7.01. The lowest BCUT2D eigenvalue weighted by atomic mass is 9.52. The number of hydrogen-bond donors (Lipinski definition) is 0. The van der Waals surface area contributed by atoms with Gasteiger partial charge in [-0.25, -0.2) is 0 Å². The number of carbonyl (C=O) groups is 2. The van der Waals surface area contributed by atoms with Crippen LogP contribution < -0.4 is 0 Å². The van der Waals surface area contributed by atoms with E-state index in [9.17, 15) is 9.59 Å². The number of fused-ring (bicyclic) bond motifs is 5. The van der Waals surface area contributed by atoms with Crippen molar-refractivity contribution in [1.29, 1.82) is 0 Å². The largest absolute Gasteiger partial charge is 0.298 e. The van der Waals surface area contributed by atoms with Gasteiger partial charge in [0.25, 0.3) is 0 Å².